The summed E-state index contributed by atoms with van der Waals surface area (Å²) in [5.41, 5.74) is 3.16. The van der Waals surface area contributed by atoms with Crippen LogP contribution in [0.25, 0.3) is 0 Å². The monoisotopic (exact) mass is 543 g/mol. The number of likely N-dealkylation sites (tertiary alicyclic amines) is 1. The first kappa shape index (κ1) is 26.2. The second-order valence-electron chi connectivity index (χ2n) is 11.0. The van der Waals surface area contributed by atoms with Gasteiger partial charge in [0.25, 0.3) is 0 Å². The number of para-hydroxylation sites is 1. The molecule has 40 heavy (non-hydrogen) atoms. The summed E-state index contributed by atoms with van der Waals surface area (Å²) in [5.74, 6) is -1.68. The molecule has 3 aromatic rings. The topological polar surface area (TPSA) is 69.7 Å². The van der Waals surface area contributed by atoms with E-state index in [0.29, 0.717) is 18.5 Å². The maximum atomic E-state index is 15.0. The molecule has 1 aliphatic carbocycles. The van der Waals surface area contributed by atoms with Gasteiger partial charge in [-0.05, 0) is 60.1 Å². The molecule has 2 unspecified atom stereocenters. The molecule has 1 saturated heterocycles. The lowest BCUT2D eigenvalue weighted by atomic mass is 9.95. The molecule has 3 aromatic carbocycles. The van der Waals surface area contributed by atoms with E-state index in [1.807, 2.05) is 54.6 Å². The molecule has 1 N–H and O–H groups in total. The van der Waals surface area contributed by atoms with Gasteiger partial charge in [0.05, 0.1) is 24.9 Å². The number of carbonyl (C=O) groups excluding carboxylic acids is 3. The highest BCUT2D eigenvalue weighted by molar-refractivity contribution is 6.01. The summed E-state index contributed by atoms with van der Waals surface area (Å²) >= 11 is 0. The van der Waals surface area contributed by atoms with Crippen molar-refractivity contribution in [3.63, 3.8) is 0 Å². The zero-order chi connectivity index (χ0) is 27.8. The lowest BCUT2D eigenvalue weighted by molar-refractivity contribution is -0.144. The smallest absolute Gasteiger partial charge is 0.250 e. The standard InChI is InChI=1S/C32H31F2N3O3/c33-24-11-6-10-22(16-24)26(35-29(38)15-20-7-2-1-3-8-20)19-30(39)37-28-18-23(17-25(28)34)31(37)32(40)36-14-13-21-9-4-5-12-27(21)36/h1-12,16,23,25-26,28,31H,13-15,17-19H2,(H,35,38)/t23?,25-,26+,28?,31-/m1/s1. The molecule has 6 nitrogen and oxygen atoms in total. The third-order valence-corrected chi connectivity index (χ3v) is 8.46. The number of alkyl halides is 1. The van der Waals surface area contributed by atoms with E-state index in [4.69, 9.17) is 0 Å². The molecule has 0 aromatic heterocycles. The zero-order valence-corrected chi connectivity index (χ0v) is 22.0. The van der Waals surface area contributed by atoms with E-state index in [0.717, 1.165) is 23.2 Å². The van der Waals surface area contributed by atoms with Gasteiger partial charge in [-0.3, -0.25) is 14.4 Å². The second kappa shape index (κ2) is 10.8. The summed E-state index contributed by atoms with van der Waals surface area (Å²) < 4.78 is 29.2. The van der Waals surface area contributed by atoms with E-state index in [1.54, 1.807) is 11.0 Å². The second-order valence-corrected chi connectivity index (χ2v) is 11.0. The van der Waals surface area contributed by atoms with Crippen molar-refractivity contribution in [3.05, 3.63) is 101 Å². The van der Waals surface area contributed by atoms with Crippen molar-refractivity contribution in [3.8, 4) is 0 Å². The quantitative estimate of drug-likeness (QED) is 0.476. The predicted molar refractivity (Wildman–Crippen MR) is 147 cm³/mol. The van der Waals surface area contributed by atoms with Crippen LogP contribution < -0.4 is 10.2 Å². The van der Waals surface area contributed by atoms with Crippen LogP contribution in [0, 0.1) is 11.7 Å². The normalized spacial score (nSPS) is 23.6. The van der Waals surface area contributed by atoms with Gasteiger partial charge in [-0.15, -0.1) is 0 Å². The molecule has 2 aliphatic heterocycles. The minimum Gasteiger partial charge on any atom is -0.348 e. The molecule has 0 spiro atoms. The fraction of sp³-hybridized carbons (Fsp3) is 0.344. The van der Waals surface area contributed by atoms with Crippen LogP contribution in [0.1, 0.15) is 42.0 Å². The number of amides is 3. The summed E-state index contributed by atoms with van der Waals surface area (Å²) in [4.78, 5) is 43.9. The van der Waals surface area contributed by atoms with Crippen LogP contribution in [0.2, 0.25) is 0 Å². The van der Waals surface area contributed by atoms with Crippen LogP contribution in [0.3, 0.4) is 0 Å². The average molecular weight is 544 g/mol. The van der Waals surface area contributed by atoms with E-state index in [2.05, 4.69) is 5.32 Å². The Morgan fingerprint density at radius 3 is 2.52 bits per heavy atom. The van der Waals surface area contributed by atoms with Crippen LogP contribution in [0.15, 0.2) is 78.9 Å². The van der Waals surface area contributed by atoms with E-state index in [-0.39, 0.29) is 37.0 Å². The molecule has 2 fully saturated rings. The Kier molecular flexibility index (Phi) is 7.09. The molecule has 8 heteroatoms. The third-order valence-electron chi connectivity index (χ3n) is 8.46. The summed E-state index contributed by atoms with van der Waals surface area (Å²) in [5, 5.41) is 2.89. The Morgan fingerprint density at radius 2 is 1.73 bits per heavy atom. The summed E-state index contributed by atoms with van der Waals surface area (Å²) in [6, 6.07) is 20.4. The first-order valence-corrected chi connectivity index (χ1v) is 13.8. The minimum absolute atomic E-state index is 0.0945. The van der Waals surface area contributed by atoms with Crippen molar-refractivity contribution >= 4 is 23.4 Å². The number of carbonyl (C=O) groups is 3. The van der Waals surface area contributed by atoms with Crippen LogP contribution in [0.4, 0.5) is 14.5 Å². The summed E-state index contributed by atoms with van der Waals surface area (Å²) in [6.07, 6.45) is 0.101. The van der Waals surface area contributed by atoms with Crippen molar-refractivity contribution in [2.24, 2.45) is 5.92 Å². The third kappa shape index (κ3) is 4.98. The highest BCUT2D eigenvalue weighted by atomic mass is 19.1. The molecule has 206 valence electrons. The number of halogens is 2. The van der Waals surface area contributed by atoms with Crippen LogP contribution in [-0.4, -0.2) is 47.4 Å². The molecular formula is C32H31F2N3O3. The lowest BCUT2D eigenvalue weighted by Crippen LogP contribution is -2.56. The molecule has 5 atom stereocenters. The number of piperidine rings is 1. The highest BCUT2D eigenvalue weighted by Gasteiger charge is 2.57. The number of fused-ring (bicyclic) bond motifs is 3. The van der Waals surface area contributed by atoms with Crippen molar-refractivity contribution < 1.29 is 23.2 Å². The zero-order valence-electron chi connectivity index (χ0n) is 22.0. The van der Waals surface area contributed by atoms with Crippen molar-refractivity contribution in [2.75, 3.05) is 11.4 Å². The van der Waals surface area contributed by atoms with Gasteiger partial charge >= 0.3 is 0 Å². The van der Waals surface area contributed by atoms with Gasteiger partial charge in [-0.2, -0.15) is 0 Å². The largest absolute Gasteiger partial charge is 0.348 e. The van der Waals surface area contributed by atoms with Gasteiger partial charge < -0.3 is 15.1 Å². The molecule has 2 heterocycles. The van der Waals surface area contributed by atoms with E-state index in [9.17, 15) is 18.8 Å². The molecule has 6 rings (SSSR count). The average Bonchev–Trinajstić information content (AvgIpc) is 3.65. The van der Waals surface area contributed by atoms with Crippen molar-refractivity contribution in [1.82, 2.24) is 10.2 Å². The Labute approximate surface area is 232 Å². The lowest BCUT2D eigenvalue weighted by Gasteiger charge is -2.38. The Hall–Kier alpha value is -4.07. The van der Waals surface area contributed by atoms with Gasteiger partial charge in [0.2, 0.25) is 17.7 Å². The van der Waals surface area contributed by atoms with Gasteiger partial charge in [0.15, 0.2) is 0 Å². The SMILES string of the molecule is O=C(Cc1ccccc1)N[C@@H](CC(=O)N1C2CC(C[C@H]2F)[C@@H]1C(=O)N1CCc2ccccc21)c1cccc(F)c1. The number of anilines is 1. The van der Waals surface area contributed by atoms with Gasteiger partial charge in [0.1, 0.15) is 18.0 Å². The molecule has 2 bridgehead atoms. The minimum atomic E-state index is -1.20. The first-order valence-electron chi connectivity index (χ1n) is 13.8. The van der Waals surface area contributed by atoms with Gasteiger partial charge in [-0.25, -0.2) is 8.78 Å². The van der Waals surface area contributed by atoms with E-state index in [1.165, 1.54) is 23.1 Å². The van der Waals surface area contributed by atoms with Crippen LogP contribution >= 0.6 is 0 Å². The maximum Gasteiger partial charge on any atom is 0.250 e. The number of hydrogen-bond donors (Lipinski definition) is 1. The Morgan fingerprint density at radius 1 is 0.950 bits per heavy atom. The van der Waals surface area contributed by atoms with Gasteiger partial charge in [-0.1, -0.05) is 60.7 Å². The molecule has 3 amide bonds. The van der Waals surface area contributed by atoms with E-state index >= 15 is 4.39 Å². The summed E-state index contributed by atoms with van der Waals surface area (Å²) in [6.45, 7) is 0.522. The summed E-state index contributed by atoms with van der Waals surface area (Å²) in [7, 11) is 0. The van der Waals surface area contributed by atoms with Gasteiger partial charge in [0, 0.05) is 12.2 Å². The highest BCUT2D eigenvalue weighted by Crippen LogP contribution is 2.46. The van der Waals surface area contributed by atoms with Crippen LogP contribution in [0.5, 0.6) is 0 Å². The molecule has 3 aliphatic rings. The maximum absolute atomic E-state index is 15.0. The molecule has 1 saturated carbocycles. The van der Waals surface area contributed by atoms with Crippen LogP contribution in [-0.2, 0) is 27.2 Å². The first-order chi connectivity index (χ1) is 19.4. The van der Waals surface area contributed by atoms with Crippen molar-refractivity contribution in [2.45, 2.75) is 56.4 Å². The molecular weight excluding hydrogens is 512 g/mol. The molecule has 0 radical (unpaired) electrons. The Bertz CT molecular complexity index is 1430. The van der Waals surface area contributed by atoms with Crippen molar-refractivity contribution in [1.29, 1.82) is 0 Å². The Balaban J connectivity index is 1.25. The fourth-order valence-electron chi connectivity index (χ4n) is 6.65. The number of hydrogen-bond acceptors (Lipinski definition) is 3. The fourth-order valence-corrected chi connectivity index (χ4v) is 6.65. The predicted octanol–water partition coefficient (Wildman–Crippen LogP) is 4.53. The van der Waals surface area contributed by atoms with E-state index < -0.39 is 36.0 Å². The number of nitrogens with zero attached hydrogens (tertiary/aromatic N) is 2. The number of nitrogens with one attached hydrogen (secondary N) is 1. The number of benzene rings is 3. The number of rotatable bonds is 7.